The van der Waals surface area contributed by atoms with Crippen LogP contribution >= 0.6 is 0 Å². The summed E-state index contributed by atoms with van der Waals surface area (Å²) in [6.07, 6.45) is 1.24. The van der Waals surface area contributed by atoms with Gasteiger partial charge in [0.25, 0.3) is 0 Å². The van der Waals surface area contributed by atoms with E-state index < -0.39 is 5.97 Å². The molecule has 4 nitrogen and oxygen atoms in total. The predicted octanol–water partition coefficient (Wildman–Crippen LogP) is 0.429. The standard InChI is InChI=1S/C8H15NO3/c1-3-11-4-5-12-8(10)6-7(2)9/h6H,3-5,9H2,1-2H3/b7-6-. The first-order chi connectivity index (χ1) is 5.66. The third kappa shape index (κ3) is 7.08. The van der Waals surface area contributed by atoms with Crippen molar-refractivity contribution in [3.8, 4) is 0 Å². The quantitative estimate of drug-likeness (QED) is 0.372. The van der Waals surface area contributed by atoms with Crippen LogP contribution < -0.4 is 5.73 Å². The van der Waals surface area contributed by atoms with Gasteiger partial charge in [0.15, 0.2) is 0 Å². The summed E-state index contributed by atoms with van der Waals surface area (Å²) in [4.78, 5) is 10.8. The number of carbonyl (C=O) groups excluding carboxylic acids is 1. The molecule has 0 fully saturated rings. The van der Waals surface area contributed by atoms with Crippen LogP contribution in [0, 0.1) is 0 Å². The minimum absolute atomic E-state index is 0.274. The third-order valence-corrected chi connectivity index (χ3v) is 1.02. The van der Waals surface area contributed by atoms with Crippen molar-refractivity contribution in [3.63, 3.8) is 0 Å². The fourth-order valence-electron chi connectivity index (χ4n) is 0.573. The fraction of sp³-hybridized carbons (Fsp3) is 0.625. The molecule has 0 spiro atoms. The summed E-state index contributed by atoms with van der Waals surface area (Å²) in [5.41, 5.74) is 5.69. The molecule has 2 N–H and O–H groups in total. The first kappa shape index (κ1) is 11.0. The summed E-state index contributed by atoms with van der Waals surface area (Å²) < 4.78 is 9.69. The minimum Gasteiger partial charge on any atom is -0.460 e. The van der Waals surface area contributed by atoms with Gasteiger partial charge in [0, 0.05) is 18.4 Å². The molecule has 0 saturated carbocycles. The Kier molecular flexibility index (Phi) is 6.09. The van der Waals surface area contributed by atoms with E-state index in [1.165, 1.54) is 6.08 Å². The van der Waals surface area contributed by atoms with E-state index in [2.05, 4.69) is 0 Å². The normalized spacial score (nSPS) is 11.3. The van der Waals surface area contributed by atoms with Crippen LogP contribution in [0.25, 0.3) is 0 Å². The molecule has 0 bridgehead atoms. The zero-order valence-electron chi connectivity index (χ0n) is 7.50. The number of nitrogens with two attached hydrogens (primary N) is 1. The lowest BCUT2D eigenvalue weighted by Crippen LogP contribution is -2.09. The molecule has 0 aliphatic carbocycles. The Morgan fingerprint density at radius 3 is 2.67 bits per heavy atom. The maximum Gasteiger partial charge on any atom is 0.332 e. The smallest absolute Gasteiger partial charge is 0.332 e. The second-order valence-electron chi connectivity index (χ2n) is 2.25. The van der Waals surface area contributed by atoms with E-state index in [-0.39, 0.29) is 6.61 Å². The number of allylic oxidation sites excluding steroid dienone is 1. The summed E-state index contributed by atoms with van der Waals surface area (Å²) in [5, 5.41) is 0. The van der Waals surface area contributed by atoms with Gasteiger partial charge >= 0.3 is 5.97 Å². The van der Waals surface area contributed by atoms with E-state index in [1.54, 1.807) is 6.92 Å². The topological polar surface area (TPSA) is 61.5 Å². The highest BCUT2D eigenvalue weighted by Gasteiger charge is 1.96. The van der Waals surface area contributed by atoms with Crippen LogP contribution in [0.15, 0.2) is 11.8 Å². The van der Waals surface area contributed by atoms with E-state index in [1.807, 2.05) is 6.92 Å². The summed E-state index contributed by atoms with van der Waals surface area (Å²) in [5.74, 6) is -0.422. The average molecular weight is 173 g/mol. The fourth-order valence-corrected chi connectivity index (χ4v) is 0.573. The lowest BCUT2D eigenvalue weighted by atomic mass is 10.4. The van der Waals surface area contributed by atoms with E-state index in [0.717, 1.165) is 0 Å². The molecule has 0 aromatic carbocycles. The molecule has 4 heteroatoms. The lowest BCUT2D eigenvalue weighted by molar-refractivity contribution is -0.139. The first-order valence-corrected chi connectivity index (χ1v) is 3.85. The highest BCUT2D eigenvalue weighted by atomic mass is 16.6. The zero-order valence-corrected chi connectivity index (χ0v) is 7.50. The molecular formula is C8H15NO3. The molecule has 70 valence electrons. The highest BCUT2D eigenvalue weighted by molar-refractivity contribution is 5.82. The third-order valence-electron chi connectivity index (χ3n) is 1.02. The monoisotopic (exact) mass is 173 g/mol. The molecule has 0 radical (unpaired) electrons. The zero-order chi connectivity index (χ0) is 9.40. The second kappa shape index (κ2) is 6.67. The Hall–Kier alpha value is -1.03. The van der Waals surface area contributed by atoms with E-state index in [9.17, 15) is 4.79 Å². The van der Waals surface area contributed by atoms with Crippen molar-refractivity contribution < 1.29 is 14.3 Å². The van der Waals surface area contributed by atoms with Crippen LogP contribution in [0.2, 0.25) is 0 Å². The van der Waals surface area contributed by atoms with Crippen LogP contribution in [-0.2, 0) is 14.3 Å². The molecule has 0 aliphatic rings. The van der Waals surface area contributed by atoms with Gasteiger partial charge in [-0.3, -0.25) is 0 Å². The SMILES string of the molecule is CCOCCOC(=O)/C=C(/C)N. The molecule has 0 saturated heterocycles. The molecule has 0 heterocycles. The Morgan fingerprint density at radius 2 is 2.17 bits per heavy atom. The van der Waals surface area contributed by atoms with Gasteiger partial charge < -0.3 is 15.2 Å². The van der Waals surface area contributed by atoms with Crippen molar-refractivity contribution in [2.45, 2.75) is 13.8 Å². The summed E-state index contributed by atoms with van der Waals surface area (Å²) in [7, 11) is 0. The maximum atomic E-state index is 10.8. The summed E-state index contributed by atoms with van der Waals surface area (Å²) >= 11 is 0. The van der Waals surface area contributed by atoms with Crippen molar-refractivity contribution in [1.29, 1.82) is 0 Å². The van der Waals surface area contributed by atoms with Gasteiger partial charge in [0.1, 0.15) is 6.61 Å². The molecule has 0 aromatic heterocycles. The van der Waals surface area contributed by atoms with Crippen LogP contribution in [0.3, 0.4) is 0 Å². The minimum atomic E-state index is -0.422. The summed E-state index contributed by atoms with van der Waals surface area (Å²) in [6, 6.07) is 0. The predicted molar refractivity (Wildman–Crippen MR) is 45.4 cm³/mol. The Labute approximate surface area is 72.3 Å². The molecule has 0 unspecified atom stereocenters. The second-order valence-corrected chi connectivity index (χ2v) is 2.25. The molecule has 0 rings (SSSR count). The molecule has 0 aliphatic heterocycles. The van der Waals surface area contributed by atoms with Crippen LogP contribution in [0.4, 0.5) is 0 Å². The van der Waals surface area contributed by atoms with Gasteiger partial charge in [-0.15, -0.1) is 0 Å². The van der Waals surface area contributed by atoms with Gasteiger partial charge in [-0.1, -0.05) is 0 Å². The summed E-state index contributed by atoms with van der Waals surface area (Å²) in [6.45, 7) is 4.84. The van der Waals surface area contributed by atoms with Gasteiger partial charge in [-0.05, 0) is 13.8 Å². The molecule has 0 aromatic rings. The van der Waals surface area contributed by atoms with E-state index in [0.29, 0.717) is 18.9 Å². The van der Waals surface area contributed by atoms with Crippen LogP contribution in [0.1, 0.15) is 13.8 Å². The number of ether oxygens (including phenoxy) is 2. The average Bonchev–Trinajstić information content (AvgIpc) is 1.97. The van der Waals surface area contributed by atoms with Crippen LogP contribution in [0.5, 0.6) is 0 Å². The number of hydrogen-bond donors (Lipinski definition) is 1. The molecule has 12 heavy (non-hydrogen) atoms. The van der Waals surface area contributed by atoms with Crippen LogP contribution in [-0.4, -0.2) is 25.8 Å². The number of hydrogen-bond acceptors (Lipinski definition) is 4. The number of esters is 1. The van der Waals surface area contributed by atoms with Crippen molar-refractivity contribution in [2.75, 3.05) is 19.8 Å². The van der Waals surface area contributed by atoms with Crippen molar-refractivity contribution in [3.05, 3.63) is 11.8 Å². The Morgan fingerprint density at radius 1 is 1.50 bits per heavy atom. The van der Waals surface area contributed by atoms with Crippen molar-refractivity contribution >= 4 is 5.97 Å². The number of rotatable bonds is 5. The Balaban J connectivity index is 3.39. The molecule has 0 atom stereocenters. The Bertz CT molecular complexity index is 162. The maximum absolute atomic E-state index is 10.8. The van der Waals surface area contributed by atoms with Gasteiger partial charge in [-0.2, -0.15) is 0 Å². The highest BCUT2D eigenvalue weighted by Crippen LogP contribution is 1.85. The largest absolute Gasteiger partial charge is 0.460 e. The van der Waals surface area contributed by atoms with Gasteiger partial charge in [0.2, 0.25) is 0 Å². The number of carbonyl (C=O) groups is 1. The molecular weight excluding hydrogens is 158 g/mol. The molecule has 0 amide bonds. The van der Waals surface area contributed by atoms with E-state index >= 15 is 0 Å². The first-order valence-electron chi connectivity index (χ1n) is 3.85. The van der Waals surface area contributed by atoms with Gasteiger partial charge in [-0.25, -0.2) is 4.79 Å². The van der Waals surface area contributed by atoms with Crippen molar-refractivity contribution in [2.24, 2.45) is 5.73 Å². The van der Waals surface area contributed by atoms with E-state index in [4.69, 9.17) is 15.2 Å². The van der Waals surface area contributed by atoms with Gasteiger partial charge in [0.05, 0.1) is 6.61 Å². The van der Waals surface area contributed by atoms with Crippen molar-refractivity contribution in [1.82, 2.24) is 0 Å². The lowest BCUT2D eigenvalue weighted by Gasteiger charge is -2.01.